The zero-order valence-corrected chi connectivity index (χ0v) is 25.1. The highest BCUT2D eigenvalue weighted by Gasteiger charge is 2.59. The van der Waals surface area contributed by atoms with E-state index in [9.17, 15) is 4.79 Å². The number of carbonyl (C=O) groups is 1. The predicted octanol–water partition coefficient (Wildman–Crippen LogP) is 9.66. The smallest absolute Gasteiger partial charge is 0.302 e. The van der Waals surface area contributed by atoms with E-state index in [2.05, 4.69) is 93.6 Å². The summed E-state index contributed by atoms with van der Waals surface area (Å²) in [6, 6.07) is 21.9. The molecule has 6 unspecified atom stereocenters. The molecule has 40 heavy (non-hydrogen) atoms. The molecule has 2 aromatic rings. The first kappa shape index (κ1) is 27.6. The van der Waals surface area contributed by atoms with Gasteiger partial charge in [-0.1, -0.05) is 99.2 Å². The minimum Gasteiger partial charge on any atom is -0.462 e. The fourth-order valence-corrected chi connectivity index (χ4v) is 10.0. The average Bonchev–Trinajstić information content (AvgIpc) is 3.31. The first-order chi connectivity index (χ1) is 19.3. The van der Waals surface area contributed by atoms with Crippen molar-refractivity contribution in [3.05, 3.63) is 89.5 Å². The summed E-state index contributed by atoms with van der Waals surface area (Å²) in [7, 11) is 0. The quantitative estimate of drug-likeness (QED) is 0.271. The van der Waals surface area contributed by atoms with Gasteiger partial charge in [-0.05, 0) is 108 Å². The standard InChI is InChI=1S/C38H48O2/c1-26(15-17-32(28-11-7-5-8-12-28)29-13-9-6-10-14-29)34-19-20-35-33-18-16-30-25-31(40-27(2)39)21-23-37(30,3)36(33)22-24-38(34,35)4/h5-14,16-17,26,31,33-36H,15,18-25H2,1-4H3/t26?,31?,33?,34?,35?,36?,37-,38+/m0/s1. The minimum absolute atomic E-state index is 0.0867. The Bertz CT molecular complexity index is 1220. The van der Waals surface area contributed by atoms with Crippen LogP contribution in [0, 0.1) is 40.4 Å². The molecule has 212 valence electrons. The summed E-state index contributed by atoms with van der Waals surface area (Å²) in [6.45, 7) is 9.31. The molecule has 0 heterocycles. The number of esters is 1. The third-order valence-electron chi connectivity index (χ3n) is 12.0. The number of rotatable bonds is 6. The molecule has 0 radical (unpaired) electrons. The predicted molar refractivity (Wildman–Crippen MR) is 164 cm³/mol. The Labute approximate surface area is 242 Å². The number of benzene rings is 2. The highest BCUT2D eigenvalue weighted by Crippen LogP contribution is 2.67. The zero-order chi connectivity index (χ0) is 27.9. The molecule has 0 bridgehead atoms. The van der Waals surface area contributed by atoms with Gasteiger partial charge in [0.2, 0.25) is 0 Å². The van der Waals surface area contributed by atoms with Crippen LogP contribution in [0.2, 0.25) is 0 Å². The van der Waals surface area contributed by atoms with Crippen molar-refractivity contribution in [1.29, 1.82) is 0 Å². The van der Waals surface area contributed by atoms with Crippen molar-refractivity contribution in [2.45, 2.75) is 91.6 Å². The topological polar surface area (TPSA) is 26.3 Å². The van der Waals surface area contributed by atoms with E-state index in [0.29, 0.717) is 16.7 Å². The Morgan fingerprint density at radius 1 is 0.925 bits per heavy atom. The van der Waals surface area contributed by atoms with Crippen LogP contribution in [0.4, 0.5) is 0 Å². The molecule has 8 atom stereocenters. The van der Waals surface area contributed by atoms with E-state index < -0.39 is 0 Å². The Kier molecular flexibility index (Phi) is 7.57. The van der Waals surface area contributed by atoms with E-state index in [1.54, 1.807) is 12.5 Å². The fraction of sp³-hybridized carbons (Fsp3) is 0.553. The molecule has 3 saturated carbocycles. The van der Waals surface area contributed by atoms with Crippen LogP contribution in [-0.4, -0.2) is 12.1 Å². The maximum atomic E-state index is 11.6. The van der Waals surface area contributed by atoms with Crippen LogP contribution in [0.5, 0.6) is 0 Å². The van der Waals surface area contributed by atoms with Crippen LogP contribution >= 0.6 is 0 Å². The van der Waals surface area contributed by atoms with Crippen LogP contribution in [0.3, 0.4) is 0 Å². The largest absolute Gasteiger partial charge is 0.462 e. The van der Waals surface area contributed by atoms with E-state index in [0.717, 1.165) is 42.9 Å². The zero-order valence-electron chi connectivity index (χ0n) is 25.1. The molecular formula is C38H48O2. The molecule has 0 amide bonds. The number of fused-ring (bicyclic) bond motifs is 5. The number of ether oxygens (including phenoxy) is 1. The number of hydrogen-bond acceptors (Lipinski definition) is 2. The molecule has 4 aliphatic carbocycles. The Morgan fingerprint density at radius 3 is 2.25 bits per heavy atom. The number of allylic oxidation sites excluding steroid dienone is 2. The van der Waals surface area contributed by atoms with E-state index in [1.165, 1.54) is 55.2 Å². The first-order valence-corrected chi connectivity index (χ1v) is 16.0. The van der Waals surface area contributed by atoms with Crippen molar-refractivity contribution in [2.24, 2.45) is 40.4 Å². The maximum Gasteiger partial charge on any atom is 0.302 e. The number of hydrogen-bond donors (Lipinski definition) is 0. The summed E-state index contributed by atoms with van der Waals surface area (Å²) in [5.41, 5.74) is 6.35. The van der Waals surface area contributed by atoms with Crippen molar-refractivity contribution in [2.75, 3.05) is 0 Å². The first-order valence-electron chi connectivity index (χ1n) is 16.0. The van der Waals surface area contributed by atoms with Gasteiger partial charge in [0, 0.05) is 13.3 Å². The van der Waals surface area contributed by atoms with Crippen molar-refractivity contribution in [3.8, 4) is 0 Å². The van der Waals surface area contributed by atoms with Crippen molar-refractivity contribution >= 4 is 11.5 Å². The third-order valence-corrected chi connectivity index (χ3v) is 12.0. The van der Waals surface area contributed by atoms with E-state index >= 15 is 0 Å². The van der Waals surface area contributed by atoms with E-state index in [-0.39, 0.29) is 12.1 Å². The Balaban J connectivity index is 1.20. The molecule has 0 N–H and O–H groups in total. The molecule has 2 nitrogen and oxygen atoms in total. The molecule has 2 aromatic carbocycles. The average molecular weight is 537 g/mol. The Hall–Kier alpha value is -2.61. The van der Waals surface area contributed by atoms with Gasteiger partial charge in [-0.15, -0.1) is 0 Å². The third kappa shape index (κ3) is 4.90. The second kappa shape index (κ2) is 11.0. The molecule has 0 aliphatic heterocycles. The summed E-state index contributed by atoms with van der Waals surface area (Å²) in [5, 5.41) is 0. The second-order valence-electron chi connectivity index (χ2n) is 14.0. The lowest BCUT2D eigenvalue weighted by atomic mass is 9.47. The summed E-state index contributed by atoms with van der Waals surface area (Å²) in [5.74, 6) is 3.79. The minimum atomic E-state index is -0.128. The van der Waals surface area contributed by atoms with Gasteiger partial charge in [-0.25, -0.2) is 0 Å². The van der Waals surface area contributed by atoms with Crippen LogP contribution < -0.4 is 0 Å². The molecule has 3 fully saturated rings. The van der Waals surface area contributed by atoms with Gasteiger partial charge in [0.1, 0.15) is 6.10 Å². The van der Waals surface area contributed by atoms with Gasteiger partial charge >= 0.3 is 5.97 Å². The van der Waals surface area contributed by atoms with Crippen molar-refractivity contribution < 1.29 is 9.53 Å². The van der Waals surface area contributed by atoms with E-state index in [1.807, 2.05) is 0 Å². The van der Waals surface area contributed by atoms with Gasteiger partial charge in [-0.3, -0.25) is 4.79 Å². The second-order valence-corrected chi connectivity index (χ2v) is 14.0. The summed E-state index contributed by atoms with van der Waals surface area (Å²) < 4.78 is 5.66. The summed E-state index contributed by atoms with van der Waals surface area (Å²) in [4.78, 5) is 11.6. The van der Waals surface area contributed by atoms with Crippen LogP contribution in [-0.2, 0) is 9.53 Å². The monoisotopic (exact) mass is 536 g/mol. The van der Waals surface area contributed by atoms with Crippen LogP contribution in [0.1, 0.15) is 96.6 Å². The maximum absolute atomic E-state index is 11.6. The van der Waals surface area contributed by atoms with Gasteiger partial charge in [-0.2, -0.15) is 0 Å². The lowest BCUT2D eigenvalue weighted by Crippen LogP contribution is -2.51. The van der Waals surface area contributed by atoms with Gasteiger partial charge in [0.25, 0.3) is 0 Å². The SMILES string of the molecule is CC(=O)OC1CC[C@@]2(C)C(=CCC3C4CCC(C(C)CC=C(c5ccccc5)c5ccccc5)[C@@]4(C)CCC32)C1. The van der Waals surface area contributed by atoms with Gasteiger partial charge in [0.15, 0.2) is 0 Å². The van der Waals surface area contributed by atoms with Crippen LogP contribution in [0.25, 0.3) is 5.57 Å². The molecule has 4 aliphatic rings. The van der Waals surface area contributed by atoms with Crippen LogP contribution in [0.15, 0.2) is 78.4 Å². The molecule has 6 rings (SSSR count). The number of carbonyl (C=O) groups excluding carboxylic acids is 1. The lowest BCUT2D eigenvalue weighted by Gasteiger charge is -2.58. The summed E-state index contributed by atoms with van der Waals surface area (Å²) >= 11 is 0. The van der Waals surface area contributed by atoms with Gasteiger partial charge < -0.3 is 4.74 Å². The lowest BCUT2D eigenvalue weighted by molar-refractivity contribution is -0.148. The molecule has 0 aromatic heterocycles. The highest BCUT2D eigenvalue weighted by atomic mass is 16.5. The van der Waals surface area contributed by atoms with Crippen molar-refractivity contribution in [3.63, 3.8) is 0 Å². The fourth-order valence-electron chi connectivity index (χ4n) is 10.0. The van der Waals surface area contributed by atoms with Crippen molar-refractivity contribution in [1.82, 2.24) is 0 Å². The normalized spacial score (nSPS) is 35.4. The van der Waals surface area contributed by atoms with Gasteiger partial charge in [0.05, 0.1) is 0 Å². The molecule has 0 saturated heterocycles. The molecule has 2 heteroatoms. The van der Waals surface area contributed by atoms with E-state index in [4.69, 9.17) is 4.74 Å². The Morgan fingerprint density at radius 2 is 1.60 bits per heavy atom. The molecular weight excluding hydrogens is 488 g/mol. The highest BCUT2D eigenvalue weighted by molar-refractivity contribution is 5.79. The molecule has 0 spiro atoms. The summed E-state index contributed by atoms with van der Waals surface area (Å²) in [6.07, 6.45) is 16.3.